The lowest BCUT2D eigenvalue weighted by Crippen LogP contribution is -2.10. The number of hydrogen-bond donors (Lipinski definition) is 2. The highest BCUT2D eigenvalue weighted by Crippen LogP contribution is 2.40. The summed E-state index contributed by atoms with van der Waals surface area (Å²) in [5.41, 5.74) is 1.70. The average Bonchev–Trinajstić information content (AvgIpc) is 3.54. The molecule has 2 aromatic carbocycles. The quantitative estimate of drug-likeness (QED) is 0.352. The molecule has 9 heteroatoms. The van der Waals surface area contributed by atoms with Gasteiger partial charge in [-0.1, -0.05) is 30.5 Å². The molecule has 2 unspecified atom stereocenters. The molecule has 3 aromatic rings. The molecule has 1 aromatic heterocycles. The van der Waals surface area contributed by atoms with Crippen LogP contribution in [0.1, 0.15) is 25.7 Å². The number of carbonyl (C=O) groups excluding carboxylic acids is 1. The van der Waals surface area contributed by atoms with E-state index in [1.807, 2.05) is 6.08 Å². The smallest absolute Gasteiger partial charge is 0.248 e. The number of halogens is 2. The van der Waals surface area contributed by atoms with Crippen molar-refractivity contribution >= 4 is 45.6 Å². The van der Waals surface area contributed by atoms with E-state index in [4.69, 9.17) is 16.3 Å². The lowest BCUT2D eigenvalue weighted by molar-refractivity contribution is -0.111. The van der Waals surface area contributed by atoms with E-state index in [9.17, 15) is 9.18 Å². The molecule has 2 aliphatic rings. The van der Waals surface area contributed by atoms with Crippen molar-refractivity contribution in [1.29, 1.82) is 0 Å². The molecule has 2 atom stereocenters. The standard InChI is InChI=1S/C25H25ClFN5O2/c1-34-23-13-19-16(25(29-14-28-19)30-15-8-9-18(27)17(26)11-15)12-20(23)31-24(33)7-4-10-32-21-5-2-3-6-22(21)32/h4,7-9,11-14,21-22H,2-3,5-6,10H2,1H3,(H,31,33)(H,28,29,30)/b7-4+. The molecular weight excluding hydrogens is 457 g/mol. The van der Waals surface area contributed by atoms with Gasteiger partial charge in [0.05, 0.1) is 23.3 Å². The summed E-state index contributed by atoms with van der Waals surface area (Å²) in [6.07, 6.45) is 10.0. The molecule has 1 amide bonds. The number of nitrogens with one attached hydrogen (secondary N) is 2. The molecule has 176 valence electrons. The fourth-order valence-corrected chi connectivity index (χ4v) is 4.88. The summed E-state index contributed by atoms with van der Waals surface area (Å²) in [7, 11) is 1.54. The lowest BCUT2D eigenvalue weighted by Gasteiger charge is -2.13. The second-order valence-electron chi connectivity index (χ2n) is 8.55. The van der Waals surface area contributed by atoms with Gasteiger partial charge >= 0.3 is 0 Å². The Balaban J connectivity index is 1.33. The van der Waals surface area contributed by atoms with Crippen molar-refractivity contribution in [2.75, 3.05) is 24.3 Å². The first kappa shape index (κ1) is 22.6. The van der Waals surface area contributed by atoms with Crippen molar-refractivity contribution in [2.45, 2.75) is 37.8 Å². The topological polar surface area (TPSA) is 79.2 Å². The van der Waals surface area contributed by atoms with Crippen LogP contribution in [0.3, 0.4) is 0 Å². The monoisotopic (exact) mass is 481 g/mol. The lowest BCUT2D eigenvalue weighted by atomic mass is 10.0. The summed E-state index contributed by atoms with van der Waals surface area (Å²) in [6, 6.07) is 9.22. The van der Waals surface area contributed by atoms with Crippen LogP contribution in [0.5, 0.6) is 5.75 Å². The predicted molar refractivity (Wildman–Crippen MR) is 131 cm³/mol. The van der Waals surface area contributed by atoms with E-state index < -0.39 is 5.82 Å². The molecule has 2 fully saturated rings. The fraction of sp³-hybridized carbons (Fsp3) is 0.320. The van der Waals surface area contributed by atoms with Gasteiger partial charge < -0.3 is 15.4 Å². The Bertz CT molecular complexity index is 1260. The number of carbonyl (C=O) groups is 1. The first-order valence-corrected chi connectivity index (χ1v) is 11.7. The Kier molecular flexibility index (Phi) is 6.34. The fourth-order valence-electron chi connectivity index (χ4n) is 4.70. The summed E-state index contributed by atoms with van der Waals surface area (Å²) in [6.45, 7) is 0.791. The highest BCUT2D eigenvalue weighted by molar-refractivity contribution is 6.31. The van der Waals surface area contributed by atoms with Crippen LogP contribution >= 0.6 is 11.6 Å². The van der Waals surface area contributed by atoms with Crippen molar-refractivity contribution in [2.24, 2.45) is 0 Å². The summed E-state index contributed by atoms with van der Waals surface area (Å²) in [5, 5.41) is 6.70. The minimum atomic E-state index is -0.500. The number of benzene rings is 2. The van der Waals surface area contributed by atoms with Gasteiger partial charge in [-0.15, -0.1) is 0 Å². The summed E-state index contributed by atoms with van der Waals surface area (Å²) < 4.78 is 19.0. The van der Waals surface area contributed by atoms with Gasteiger partial charge in [-0.05, 0) is 37.1 Å². The van der Waals surface area contributed by atoms with E-state index in [2.05, 4.69) is 25.5 Å². The highest BCUT2D eigenvalue weighted by atomic mass is 35.5. The number of methoxy groups -OCH3 is 1. The first-order chi connectivity index (χ1) is 16.5. The van der Waals surface area contributed by atoms with Crippen LogP contribution in [-0.2, 0) is 4.79 Å². The zero-order chi connectivity index (χ0) is 23.7. The number of amides is 1. The molecule has 1 aliphatic carbocycles. The van der Waals surface area contributed by atoms with Crippen LogP contribution in [-0.4, -0.2) is 46.5 Å². The maximum atomic E-state index is 13.5. The highest BCUT2D eigenvalue weighted by Gasteiger charge is 2.46. The molecule has 7 nitrogen and oxygen atoms in total. The van der Waals surface area contributed by atoms with E-state index in [1.54, 1.807) is 24.3 Å². The van der Waals surface area contributed by atoms with Crippen LogP contribution in [0.4, 0.5) is 21.6 Å². The van der Waals surface area contributed by atoms with Gasteiger partial charge in [0, 0.05) is 41.8 Å². The maximum absolute atomic E-state index is 13.5. The van der Waals surface area contributed by atoms with Crippen molar-refractivity contribution < 1.29 is 13.9 Å². The minimum absolute atomic E-state index is 0.00606. The van der Waals surface area contributed by atoms with Crippen molar-refractivity contribution in [3.8, 4) is 5.75 Å². The molecule has 0 spiro atoms. The SMILES string of the molecule is COc1cc2ncnc(Nc3ccc(F)c(Cl)c3)c2cc1NC(=O)/C=C/CN1C2CCCCC21. The molecule has 1 saturated heterocycles. The Morgan fingerprint density at radius 1 is 1.24 bits per heavy atom. The molecule has 0 radical (unpaired) electrons. The third-order valence-corrected chi connectivity index (χ3v) is 6.73. The van der Waals surface area contributed by atoms with Crippen molar-refractivity contribution in [1.82, 2.24) is 14.9 Å². The number of nitrogens with zero attached hydrogens (tertiary/aromatic N) is 3. The number of fused-ring (bicyclic) bond motifs is 2. The second kappa shape index (κ2) is 9.56. The van der Waals surface area contributed by atoms with Gasteiger partial charge in [-0.2, -0.15) is 0 Å². The Morgan fingerprint density at radius 2 is 2.03 bits per heavy atom. The zero-order valence-corrected chi connectivity index (χ0v) is 19.5. The molecular formula is C25H25ClFN5O2. The molecule has 1 aliphatic heterocycles. The van der Waals surface area contributed by atoms with E-state index in [0.29, 0.717) is 45.9 Å². The van der Waals surface area contributed by atoms with Crippen LogP contribution in [0.2, 0.25) is 5.02 Å². The second-order valence-corrected chi connectivity index (χ2v) is 8.96. The number of aromatic nitrogens is 2. The number of anilines is 3. The van der Waals surface area contributed by atoms with Crippen molar-refractivity contribution in [3.05, 3.63) is 59.7 Å². The predicted octanol–water partition coefficient (Wildman–Crippen LogP) is 5.30. The molecule has 34 heavy (non-hydrogen) atoms. The number of rotatable bonds is 7. The van der Waals surface area contributed by atoms with Crippen LogP contribution in [0, 0.1) is 5.82 Å². The average molecular weight is 482 g/mol. The summed E-state index contributed by atoms with van der Waals surface area (Å²) in [5.74, 6) is 0.241. The van der Waals surface area contributed by atoms with Crippen LogP contribution < -0.4 is 15.4 Å². The van der Waals surface area contributed by atoms with E-state index in [1.165, 1.54) is 51.3 Å². The van der Waals surface area contributed by atoms with E-state index >= 15 is 0 Å². The molecule has 5 rings (SSSR count). The van der Waals surface area contributed by atoms with Gasteiger partial charge in [-0.3, -0.25) is 9.69 Å². The molecule has 2 heterocycles. The van der Waals surface area contributed by atoms with E-state index in [-0.39, 0.29) is 10.9 Å². The molecule has 2 N–H and O–H groups in total. The summed E-state index contributed by atoms with van der Waals surface area (Å²) >= 11 is 5.90. The van der Waals surface area contributed by atoms with Crippen LogP contribution in [0.25, 0.3) is 10.9 Å². The minimum Gasteiger partial charge on any atom is -0.494 e. The van der Waals surface area contributed by atoms with E-state index in [0.717, 1.165) is 6.54 Å². The number of hydrogen-bond acceptors (Lipinski definition) is 6. The Labute approximate surface area is 202 Å². The van der Waals surface area contributed by atoms with Gasteiger partial charge in [0.2, 0.25) is 5.91 Å². The third-order valence-electron chi connectivity index (χ3n) is 6.44. The molecule has 0 bridgehead atoms. The van der Waals surface area contributed by atoms with Crippen LogP contribution in [0.15, 0.2) is 48.8 Å². The summed E-state index contributed by atoms with van der Waals surface area (Å²) in [4.78, 5) is 23.7. The number of ether oxygens (including phenoxy) is 1. The molecule has 1 saturated carbocycles. The largest absolute Gasteiger partial charge is 0.494 e. The normalized spacial score (nSPS) is 21.3. The Hall–Kier alpha value is -3.23. The zero-order valence-electron chi connectivity index (χ0n) is 18.7. The van der Waals surface area contributed by atoms with Gasteiger partial charge in [0.1, 0.15) is 23.7 Å². The third kappa shape index (κ3) is 4.69. The number of likely N-dealkylation sites (tertiary alicyclic amines) is 1. The first-order valence-electron chi connectivity index (χ1n) is 11.3. The van der Waals surface area contributed by atoms with Gasteiger partial charge in [-0.25, -0.2) is 14.4 Å². The van der Waals surface area contributed by atoms with Gasteiger partial charge in [0.25, 0.3) is 0 Å². The Morgan fingerprint density at radius 3 is 2.76 bits per heavy atom. The maximum Gasteiger partial charge on any atom is 0.248 e. The van der Waals surface area contributed by atoms with Crippen molar-refractivity contribution in [3.63, 3.8) is 0 Å². The van der Waals surface area contributed by atoms with Gasteiger partial charge in [0.15, 0.2) is 0 Å².